The maximum atomic E-state index is 13.1. The van der Waals surface area contributed by atoms with Gasteiger partial charge < -0.3 is 4.90 Å². The molecule has 148 valence electrons. The van der Waals surface area contributed by atoms with Crippen LogP contribution in [0.15, 0.2) is 89.9 Å². The van der Waals surface area contributed by atoms with Crippen molar-refractivity contribution in [3.05, 3.63) is 95.8 Å². The van der Waals surface area contributed by atoms with Gasteiger partial charge in [0, 0.05) is 13.1 Å². The lowest BCUT2D eigenvalue weighted by Crippen LogP contribution is -2.33. The van der Waals surface area contributed by atoms with Crippen molar-refractivity contribution in [2.24, 2.45) is 0 Å². The number of amides is 1. The number of hydrogen-bond donors (Lipinski definition) is 0. The molecule has 29 heavy (non-hydrogen) atoms. The van der Waals surface area contributed by atoms with Crippen LogP contribution in [0.5, 0.6) is 0 Å². The van der Waals surface area contributed by atoms with Gasteiger partial charge in [-0.2, -0.15) is 0 Å². The van der Waals surface area contributed by atoms with Crippen molar-refractivity contribution < 1.29 is 4.79 Å². The van der Waals surface area contributed by atoms with E-state index >= 15 is 0 Å². The molecule has 0 saturated carbocycles. The second-order valence-corrected chi connectivity index (χ2v) is 7.40. The molecule has 3 rings (SSSR count). The summed E-state index contributed by atoms with van der Waals surface area (Å²) in [5.74, 6) is 0.129. The molecular weight excluding hydrogens is 382 g/mol. The maximum absolute atomic E-state index is 13.1. The highest BCUT2D eigenvalue weighted by molar-refractivity contribution is 7.99. The second-order valence-electron chi connectivity index (χ2n) is 6.45. The Balaban J connectivity index is 1.93. The van der Waals surface area contributed by atoms with Crippen LogP contribution in [0, 0.1) is 0 Å². The summed E-state index contributed by atoms with van der Waals surface area (Å²) in [5.41, 5.74) is 1.52. The predicted molar refractivity (Wildman–Crippen MR) is 119 cm³/mol. The van der Waals surface area contributed by atoms with E-state index in [0.29, 0.717) is 35.7 Å². The third kappa shape index (κ3) is 5.03. The summed E-state index contributed by atoms with van der Waals surface area (Å²) in [7, 11) is 0. The Hall–Kier alpha value is -3.12. The molecule has 1 heterocycles. The number of fused-ring (bicyclic) bond motifs is 1. The zero-order valence-corrected chi connectivity index (χ0v) is 17.0. The highest BCUT2D eigenvalue weighted by Crippen LogP contribution is 2.19. The van der Waals surface area contributed by atoms with Crippen LogP contribution in [-0.2, 0) is 11.3 Å². The molecule has 0 N–H and O–H groups in total. The zero-order chi connectivity index (χ0) is 20.6. The van der Waals surface area contributed by atoms with E-state index in [1.807, 2.05) is 48.5 Å². The molecule has 2 aromatic carbocycles. The van der Waals surface area contributed by atoms with Crippen LogP contribution in [0.25, 0.3) is 10.9 Å². The third-order valence-corrected chi connectivity index (χ3v) is 5.35. The summed E-state index contributed by atoms with van der Waals surface area (Å²) < 4.78 is 1.64. The Labute approximate surface area is 174 Å². The first-order valence-corrected chi connectivity index (χ1v) is 10.3. The molecule has 0 spiro atoms. The van der Waals surface area contributed by atoms with Crippen molar-refractivity contribution >= 4 is 28.6 Å². The summed E-state index contributed by atoms with van der Waals surface area (Å²) in [6.07, 6.45) is 3.37. The Morgan fingerprint density at radius 3 is 2.38 bits per heavy atom. The monoisotopic (exact) mass is 405 g/mol. The summed E-state index contributed by atoms with van der Waals surface area (Å²) in [6.45, 7) is 8.70. The molecule has 0 aliphatic carbocycles. The molecule has 3 aromatic rings. The van der Waals surface area contributed by atoms with Crippen LogP contribution in [0.1, 0.15) is 5.56 Å². The first kappa shape index (κ1) is 20.6. The average molecular weight is 406 g/mol. The molecular formula is C23H23N3O2S. The topological polar surface area (TPSA) is 55.2 Å². The van der Waals surface area contributed by atoms with Crippen LogP contribution < -0.4 is 5.56 Å². The highest BCUT2D eigenvalue weighted by Gasteiger charge is 2.16. The van der Waals surface area contributed by atoms with Gasteiger partial charge in [0.25, 0.3) is 5.56 Å². The highest BCUT2D eigenvalue weighted by atomic mass is 32.2. The van der Waals surface area contributed by atoms with E-state index in [-0.39, 0.29) is 17.2 Å². The van der Waals surface area contributed by atoms with Crippen molar-refractivity contribution in [2.75, 3.05) is 18.8 Å². The molecule has 0 bridgehead atoms. The number of benzene rings is 2. The fraction of sp³-hybridized carbons (Fsp3) is 0.174. The van der Waals surface area contributed by atoms with Crippen molar-refractivity contribution in [1.29, 1.82) is 0 Å². The fourth-order valence-corrected chi connectivity index (χ4v) is 3.87. The Kier molecular flexibility index (Phi) is 7.03. The molecule has 6 heteroatoms. The van der Waals surface area contributed by atoms with E-state index in [2.05, 4.69) is 18.1 Å². The summed E-state index contributed by atoms with van der Waals surface area (Å²) >= 11 is 1.28. The van der Waals surface area contributed by atoms with E-state index in [1.54, 1.807) is 27.7 Å². The van der Waals surface area contributed by atoms with Crippen LogP contribution in [-0.4, -0.2) is 39.2 Å². The zero-order valence-electron chi connectivity index (χ0n) is 16.2. The first-order valence-electron chi connectivity index (χ1n) is 9.30. The predicted octanol–water partition coefficient (Wildman–Crippen LogP) is 3.74. The van der Waals surface area contributed by atoms with Gasteiger partial charge in [0.05, 0.1) is 23.2 Å². The third-order valence-electron chi connectivity index (χ3n) is 4.39. The van der Waals surface area contributed by atoms with Crippen LogP contribution in [0.2, 0.25) is 0 Å². The van der Waals surface area contributed by atoms with Gasteiger partial charge in [-0.25, -0.2) is 4.98 Å². The molecule has 1 aromatic heterocycles. The van der Waals surface area contributed by atoms with Gasteiger partial charge in [-0.1, -0.05) is 66.4 Å². The van der Waals surface area contributed by atoms with Gasteiger partial charge in [0.2, 0.25) is 5.91 Å². The molecule has 0 radical (unpaired) electrons. The van der Waals surface area contributed by atoms with E-state index in [9.17, 15) is 9.59 Å². The summed E-state index contributed by atoms with van der Waals surface area (Å²) in [4.78, 5) is 32.1. The molecule has 5 nitrogen and oxygen atoms in total. The average Bonchev–Trinajstić information content (AvgIpc) is 2.75. The van der Waals surface area contributed by atoms with Crippen molar-refractivity contribution in [3.8, 4) is 0 Å². The van der Waals surface area contributed by atoms with Crippen LogP contribution >= 0.6 is 11.8 Å². The van der Waals surface area contributed by atoms with E-state index in [0.717, 1.165) is 5.56 Å². The second kappa shape index (κ2) is 9.89. The maximum Gasteiger partial charge on any atom is 0.262 e. The number of carbonyl (C=O) groups is 1. The summed E-state index contributed by atoms with van der Waals surface area (Å²) in [5, 5.41) is 1.10. The lowest BCUT2D eigenvalue weighted by Gasteiger charge is -2.19. The number of hydrogen-bond acceptors (Lipinski definition) is 4. The van der Waals surface area contributed by atoms with Gasteiger partial charge in [-0.05, 0) is 17.7 Å². The molecule has 0 atom stereocenters. The molecule has 0 fully saturated rings. The summed E-state index contributed by atoms with van der Waals surface area (Å²) in [6, 6.07) is 17.0. The van der Waals surface area contributed by atoms with Gasteiger partial charge in [-0.3, -0.25) is 14.2 Å². The van der Waals surface area contributed by atoms with Crippen molar-refractivity contribution in [1.82, 2.24) is 14.5 Å². The fourth-order valence-electron chi connectivity index (χ4n) is 2.97. The minimum atomic E-state index is -0.108. The van der Waals surface area contributed by atoms with Gasteiger partial charge in [0.15, 0.2) is 5.16 Å². The molecule has 0 unspecified atom stereocenters. The molecule has 0 aliphatic heterocycles. The lowest BCUT2D eigenvalue weighted by molar-refractivity contribution is -0.127. The van der Waals surface area contributed by atoms with Crippen LogP contribution in [0.3, 0.4) is 0 Å². The van der Waals surface area contributed by atoms with Crippen molar-refractivity contribution in [2.45, 2.75) is 11.7 Å². The number of para-hydroxylation sites is 1. The minimum absolute atomic E-state index is 0.0523. The number of carbonyl (C=O) groups excluding carboxylic acids is 1. The molecule has 0 saturated heterocycles. The standard InChI is InChI=1S/C23H23N3O2S/c1-3-14-25(15-4-2)21(27)17-29-23-24-20-13-9-8-12-19(20)22(28)26(23)16-18-10-6-5-7-11-18/h3-13H,1-2,14-17H2. The first-order chi connectivity index (χ1) is 14.1. The Morgan fingerprint density at radius 2 is 1.69 bits per heavy atom. The SMILES string of the molecule is C=CCN(CC=C)C(=O)CSc1nc2ccccc2c(=O)n1Cc1ccccc1. The number of aromatic nitrogens is 2. The number of thioether (sulfide) groups is 1. The van der Waals surface area contributed by atoms with E-state index in [1.165, 1.54) is 11.8 Å². The molecule has 0 aliphatic rings. The Bertz CT molecular complexity index is 1070. The number of rotatable bonds is 9. The van der Waals surface area contributed by atoms with Crippen LogP contribution in [0.4, 0.5) is 0 Å². The lowest BCUT2D eigenvalue weighted by atomic mass is 10.2. The smallest absolute Gasteiger partial charge is 0.262 e. The molecule has 1 amide bonds. The largest absolute Gasteiger partial charge is 0.335 e. The van der Waals surface area contributed by atoms with E-state index in [4.69, 9.17) is 0 Å². The van der Waals surface area contributed by atoms with Gasteiger partial charge in [0.1, 0.15) is 0 Å². The number of nitrogens with zero attached hydrogens (tertiary/aromatic N) is 3. The van der Waals surface area contributed by atoms with Gasteiger partial charge >= 0.3 is 0 Å². The quantitative estimate of drug-likeness (QED) is 0.309. The van der Waals surface area contributed by atoms with Crippen molar-refractivity contribution in [3.63, 3.8) is 0 Å². The minimum Gasteiger partial charge on any atom is -0.335 e. The Morgan fingerprint density at radius 1 is 1.03 bits per heavy atom. The van der Waals surface area contributed by atoms with E-state index < -0.39 is 0 Å². The normalized spacial score (nSPS) is 10.6. The van der Waals surface area contributed by atoms with Gasteiger partial charge in [-0.15, -0.1) is 13.2 Å².